The molecule has 0 fully saturated rings. The molecule has 0 radical (unpaired) electrons. The van der Waals surface area contributed by atoms with Crippen molar-refractivity contribution in [2.45, 2.75) is 0 Å². The van der Waals surface area contributed by atoms with E-state index in [0.717, 1.165) is 55.5 Å². The lowest BCUT2D eigenvalue weighted by molar-refractivity contribution is 0.673. The maximum atomic E-state index is 6.68. The van der Waals surface area contributed by atoms with Crippen molar-refractivity contribution in [3.8, 4) is 33.4 Å². The second-order valence-corrected chi connectivity index (χ2v) is 13.4. The summed E-state index contributed by atoms with van der Waals surface area (Å²) in [5.74, 6) is 0. The monoisotopic (exact) mass is 663 g/mol. The first-order chi connectivity index (χ1) is 25.8. The number of nitrogens with zero attached hydrogens (tertiary/aromatic N) is 1. The van der Waals surface area contributed by atoms with E-state index in [1.54, 1.807) is 0 Å². The van der Waals surface area contributed by atoms with Crippen LogP contribution in [0.25, 0.3) is 76.9 Å². The van der Waals surface area contributed by atoms with E-state index >= 15 is 0 Å². The summed E-state index contributed by atoms with van der Waals surface area (Å²) in [7, 11) is 0. The average molecular weight is 664 g/mol. The molecule has 0 aliphatic heterocycles. The number of fused-ring (bicyclic) bond motifs is 6. The molecule has 244 valence electrons. The SMILES string of the molecule is c1ccc(-c2ccc(N(c3ccccc3)c3ccc(-c4cc5c6ccc(-c7ccc8ccccc8c7)cc6oc5c5ccccc45)cc3)cc2)cc1. The highest BCUT2D eigenvalue weighted by molar-refractivity contribution is 6.19. The van der Waals surface area contributed by atoms with E-state index < -0.39 is 0 Å². The van der Waals surface area contributed by atoms with Crippen LogP contribution in [-0.2, 0) is 0 Å². The fourth-order valence-corrected chi connectivity index (χ4v) is 7.63. The molecular weight excluding hydrogens is 631 g/mol. The Bertz CT molecular complexity index is 2870. The van der Waals surface area contributed by atoms with Crippen LogP contribution >= 0.6 is 0 Å². The van der Waals surface area contributed by atoms with Crippen LogP contribution in [0.1, 0.15) is 0 Å². The molecule has 2 heteroatoms. The summed E-state index contributed by atoms with van der Waals surface area (Å²) in [6.45, 7) is 0. The minimum Gasteiger partial charge on any atom is -0.455 e. The molecule has 0 N–H and O–H groups in total. The second kappa shape index (κ2) is 12.5. The fraction of sp³-hybridized carbons (Fsp3) is 0. The minimum absolute atomic E-state index is 0.898. The number of anilines is 3. The molecule has 0 aliphatic carbocycles. The van der Waals surface area contributed by atoms with Crippen LogP contribution in [-0.4, -0.2) is 0 Å². The van der Waals surface area contributed by atoms with E-state index in [1.807, 2.05) is 0 Å². The molecule has 10 aromatic rings. The van der Waals surface area contributed by atoms with Crippen LogP contribution in [0.15, 0.2) is 205 Å². The molecule has 2 nitrogen and oxygen atoms in total. The summed E-state index contributed by atoms with van der Waals surface area (Å²) >= 11 is 0. The van der Waals surface area contributed by atoms with E-state index in [-0.39, 0.29) is 0 Å². The number of hydrogen-bond donors (Lipinski definition) is 0. The lowest BCUT2D eigenvalue weighted by atomic mass is 9.94. The van der Waals surface area contributed by atoms with Gasteiger partial charge in [0.2, 0.25) is 0 Å². The summed E-state index contributed by atoms with van der Waals surface area (Å²) in [5.41, 5.74) is 12.2. The van der Waals surface area contributed by atoms with Gasteiger partial charge in [-0.3, -0.25) is 0 Å². The first kappa shape index (κ1) is 30.0. The van der Waals surface area contributed by atoms with Gasteiger partial charge in [-0.15, -0.1) is 0 Å². The van der Waals surface area contributed by atoms with Crippen LogP contribution in [0.4, 0.5) is 17.1 Å². The van der Waals surface area contributed by atoms with Gasteiger partial charge in [0.1, 0.15) is 11.2 Å². The van der Waals surface area contributed by atoms with Gasteiger partial charge in [-0.1, -0.05) is 140 Å². The molecular formula is C50H33NO. The Morgan fingerprint density at radius 3 is 1.60 bits per heavy atom. The van der Waals surface area contributed by atoms with Gasteiger partial charge in [0.15, 0.2) is 0 Å². The maximum absolute atomic E-state index is 6.68. The van der Waals surface area contributed by atoms with E-state index in [4.69, 9.17) is 4.42 Å². The molecule has 1 aromatic heterocycles. The predicted octanol–water partition coefficient (Wildman–Crippen LogP) is 14.4. The molecule has 0 aliphatic rings. The van der Waals surface area contributed by atoms with E-state index in [1.165, 1.54) is 38.4 Å². The van der Waals surface area contributed by atoms with Crippen LogP contribution in [0.3, 0.4) is 0 Å². The highest BCUT2D eigenvalue weighted by atomic mass is 16.3. The lowest BCUT2D eigenvalue weighted by Gasteiger charge is -2.26. The zero-order valence-corrected chi connectivity index (χ0v) is 28.4. The normalized spacial score (nSPS) is 11.5. The molecule has 0 unspecified atom stereocenters. The van der Waals surface area contributed by atoms with Gasteiger partial charge in [0.05, 0.1) is 0 Å². The third kappa shape index (κ3) is 5.21. The third-order valence-corrected chi connectivity index (χ3v) is 10.2. The Morgan fingerprint density at radius 1 is 0.308 bits per heavy atom. The molecule has 9 aromatic carbocycles. The van der Waals surface area contributed by atoms with Crippen LogP contribution in [0, 0.1) is 0 Å². The van der Waals surface area contributed by atoms with Crippen LogP contribution < -0.4 is 4.90 Å². The van der Waals surface area contributed by atoms with Gasteiger partial charge in [-0.2, -0.15) is 0 Å². The van der Waals surface area contributed by atoms with Gasteiger partial charge in [0, 0.05) is 33.2 Å². The quantitative estimate of drug-likeness (QED) is 0.176. The van der Waals surface area contributed by atoms with Crippen molar-refractivity contribution in [1.29, 1.82) is 0 Å². The summed E-state index contributed by atoms with van der Waals surface area (Å²) in [4.78, 5) is 2.32. The van der Waals surface area contributed by atoms with Crippen molar-refractivity contribution in [3.05, 3.63) is 200 Å². The zero-order valence-electron chi connectivity index (χ0n) is 28.4. The van der Waals surface area contributed by atoms with Crippen molar-refractivity contribution in [2.24, 2.45) is 0 Å². The van der Waals surface area contributed by atoms with Crippen molar-refractivity contribution in [2.75, 3.05) is 4.90 Å². The van der Waals surface area contributed by atoms with Gasteiger partial charge in [-0.05, 0) is 110 Å². The first-order valence-corrected chi connectivity index (χ1v) is 17.8. The highest BCUT2D eigenvalue weighted by Crippen LogP contribution is 2.42. The minimum atomic E-state index is 0.898. The standard InChI is InChI=1S/C50H33NO/c1-3-11-34(12-4-1)36-21-26-42(27-22-36)51(41-15-5-2-6-16-41)43-28-23-37(24-29-43)47-33-48-45-30-25-40(39-20-19-35-13-7-8-14-38(35)31-39)32-49(45)52-50(48)46-18-10-9-17-44(46)47/h1-33H. The third-order valence-electron chi connectivity index (χ3n) is 10.2. The van der Waals surface area contributed by atoms with Gasteiger partial charge >= 0.3 is 0 Å². The van der Waals surface area contributed by atoms with Crippen molar-refractivity contribution < 1.29 is 4.42 Å². The van der Waals surface area contributed by atoms with Gasteiger partial charge in [0.25, 0.3) is 0 Å². The second-order valence-electron chi connectivity index (χ2n) is 13.4. The molecule has 0 spiro atoms. The summed E-state index contributed by atoms with van der Waals surface area (Å²) in [6.07, 6.45) is 0. The van der Waals surface area contributed by atoms with E-state index in [9.17, 15) is 0 Å². The number of furan rings is 1. The molecule has 0 saturated carbocycles. The maximum Gasteiger partial charge on any atom is 0.143 e. The Kier molecular flexibility index (Phi) is 7.18. The topological polar surface area (TPSA) is 16.4 Å². The number of para-hydroxylation sites is 1. The summed E-state index contributed by atoms with van der Waals surface area (Å²) in [5, 5.41) is 7.02. The van der Waals surface area contributed by atoms with Crippen molar-refractivity contribution in [3.63, 3.8) is 0 Å². The molecule has 0 atom stereocenters. The largest absolute Gasteiger partial charge is 0.455 e. The van der Waals surface area contributed by atoms with Crippen molar-refractivity contribution in [1.82, 2.24) is 0 Å². The average Bonchev–Trinajstić information content (AvgIpc) is 3.60. The highest BCUT2D eigenvalue weighted by Gasteiger charge is 2.17. The Hall–Kier alpha value is -6.90. The molecule has 0 saturated heterocycles. The fourth-order valence-electron chi connectivity index (χ4n) is 7.63. The first-order valence-electron chi connectivity index (χ1n) is 17.8. The number of benzene rings is 9. The number of rotatable bonds is 6. The molecule has 1 heterocycles. The lowest BCUT2D eigenvalue weighted by Crippen LogP contribution is -2.09. The molecule has 52 heavy (non-hydrogen) atoms. The van der Waals surface area contributed by atoms with E-state index in [2.05, 4.69) is 205 Å². The van der Waals surface area contributed by atoms with Gasteiger partial charge < -0.3 is 9.32 Å². The summed E-state index contributed by atoms with van der Waals surface area (Å²) in [6, 6.07) is 71.6. The Labute approximate surface area is 302 Å². The van der Waals surface area contributed by atoms with Crippen LogP contribution in [0.2, 0.25) is 0 Å². The molecule has 0 bridgehead atoms. The Morgan fingerprint density at radius 2 is 0.846 bits per heavy atom. The summed E-state index contributed by atoms with van der Waals surface area (Å²) < 4.78 is 6.68. The number of hydrogen-bond acceptors (Lipinski definition) is 2. The zero-order chi connectivity index (χ0) is 34.4. The van der Waals surface area contributed by atoms with Crippen molar-refractivity contribution >= 4 is 60.5 Å². The Balaban J connectivity index is 1.05. The predicted molar refractivity (Wildman–Crippen MR) is 220 cm³/mol. The molecule has 10 rings (SSSR count). The molecule has 0 amide bonds. The smallest absolute Gasteiger partial charge is 0.143 e. The van der Waals surface area contributed by atoms with E-state index in [0.29, 0.717) is 0 Å². The van der Waals surface area contributed by atoms with Gasteiger partial charge in [-0.25, -0.2) is 0 Å². The van der Waals surface area contributed by atoms with Crippen LogP contribution in [0.5, 0.6) is 0 Å².